The van der Waals surface area contributed by atoms with Crippen LogP contribution in [0.25, 0.3) is 0 Å². The number of carbonyl (C=O) groups is 1. The largest absolute Gasteiger partial charge is 0.458 e. The molecular weight excluding hydrogens is 400 g/mol. The highest BCUT2D eigenvalue weighted by atomic mass is 16.7. The maximum absolute atomic E-state index is 12.8. The monoisotopic (exact) mass is 438 g/mol. The zero-order valence-electron chi connectivity index (χ0n) is 19.7. The van der Waals surface area contributed by atoms with Gasteiger partial charge in [0.15, 0.2) is 5.79 Å². The van der Waals surface area contributed by atoms with Crippen LogP contribution in [0.2, 0.25) is 0 Å². The fourth-order valence-electron chi connectivity index (χ4n) is 8.87. The molecule has 174 valence electrons. The number of ether oxygens (including phenoxy) is 3. The summed E-state index contributed by atoms with van der Waals surface area (Å²) >= 11 is 0. The first kappa shape index (κ1) is 21.2. The second-order valence-corrected chi connectivity index (χ2v) is 11.9. The zero-order valence-corrected chi connectivity index (χ0v) is 19.7. The molecule has 1 spiro atoms. The van der Waals surface area contributed by atoms with Crippen LogP contribution >= 0.6 is 0 Å². The van der Waals surface area contributed by atoms with E-state index in [1.165, 1.54) is 38.5 Å². The van der Waals surface area contributed by atoms with E-state index in [1.807, 2.05) is 30.3 Å². The molecular formula is C28H38O4. The van der Waals surface area contributed by atoms with Gasteiger partial charge in [-0.3, -0.25) is 0 Å². The van der Waals surface area contributed by atoms with E-state index in [9.17, 15) is 4.79 Å². The summed E-state index contributed by atoms with van der Waals surface area (Å²) in [6.07, 6.45) is 10.7. The van der Waals surface area contributed by atoms with Crippen LogP contribution in [0.1, 0.15) is 82.0 Å². The van der Waals surface area contributed by atoms with Crippen molar-refractivity contribution in [3.8, 4) is 0 Å². The minimum absolute atomic E-state index is 0.0570. The van der Waals surface area contributed by atoms with E-state index in [0.29, 0.717) is 22.8 Å². The Bertz CT molecular complexity index is 861. The normalized spacial score (nSPS) is 44.5. The predicted octanol–water partition coefficient (Wildman–Crippen LogP) is 6.00. The number of fused-ring (bicyclic) bond motifs is 5. The van der Waals surface area contributed by atoms with Gasteiger partial charge in [-0.15, -0.1) is 0 Å². The van der Waals surface area contributed by atoms with Gasteiger partial charge in [-0.25, -0.2) is 4.79 Å². The summed E-state index contributed by atoms with van der Waals surface area (Å²) < 4.78 is 18.4. The first-order valence-corrected chi connectivity index (χ1v) is 13.0. The molecule has 0 aromatic heterocycles. The van der Waals surface area contributed by atoms with Gasteiger partial charge in [0.2, 0.25) is 0 Å². The van der Waals surface area contributed by atoms with Crippen molar-refractivity contribution in [1.82, 2.24) is 0 Å². The van der Waals surface area contributed by atoms with Crippen LogP contribution in [0.4, 0.5) is 0 Å². The molecule has 1 heterocycles. The minimum atomic E-state index is -0.274. The molecule has 0 unspecified atom stereocenters. The van der Waals surface area contributed by atoms with E-state index in [2.05, 4.69) is 13.8 Å². The molecule has 1 aromatic rings. The van der Waals surface area contributed by atoms with Gasteiger partial charge in [0.05, 0.1) is 18.8 Å². The Hall–Kier alpha value is -1.39. The summed E-state index contributed by atoms with van der Waals surface area (Å²) in [5.41, 5.74) is 1.21. The predicted molar refractivity (Wildman–Crippen MR) is 122 cm³/mol. The van der Waals surface area contributed by atoms with Crippen molar-refractivity contribution >= 4 is 5.97 Å². The van der Waals surface area contributed by atoms with Gasteiger partial charge in [0.1, 0.15) is 6.10 Å². The number of esters is 1. The Balaban J connectivity index is 1.19. The first-order valence-electron chi connectivity index (χ1n) is 13.0. The molecule has 5 fully saturated rings. The molecule has 5 aliphatic rings. The van der Waals surface area contributed by atoms with E-state index in [-0.39, 0.29) is 23.3 Å². The van der Waals surface area contributed by atoms with Crippen molar-refractivity contribution < 1.29 is 19.0 Å². The third kappa shape index (κ3) is 3.12. The average molecular weight is 439 g/mol. The number of carbonyl (C=O) groups excluding carboxylic acids is 1. The van der Waals surface area contributed by atoms with Crippen LogP contribution in [0.5, 0.6) is 0 Å². The van der Waals surface area contributed by atoms with Crippen molar-refractivity contribution in [3.05, 3.63) is 35.9 Å². The highest BCUT2D eigenvalue weighted by Crippen LogP contribution is 2.67. The summed E-state index contributed by atoms with van der Waals surface area (Å²) in [5, 5.41) is 0. The molecule has 0 radical (unpaired) electrons. The zero-order chi connectivity index (χ0) is 22.0. The van der Waals surface area contributed by atoms with Crippen molar-refractivity contribution in [2.24, 2.45) is 34.5 Å². The number of benzene rings is 1. The van der Waals surface area contributed by atoms with Crippen molar-refractivity contribution in [3.63, 3.8) is 0 Å². The van der Waals surface area contributed by atoms with E-state index in [0.717, 1.165) is 44.3 Å². The summed E-state index contributed by atoms with van der Waals surface area (Å²) in [6.45, 7) is 6.53. The molecule has 4 aliphatic carbocycles. The Labute approximate surface area is 192 Å². The Morgan fingerprint density at radius 3 is 2.41 bits per heavy atom. The fraction of sp³-hybridized carbons (Fsp3) is 0.750. The average Bonchev–Trinajstić information content (AvgIpc) is 3.39. The Morgan fingerprint density at radius 1 is 0.875 bits per heavy atom. The van der Waals surface area contributed by atoms with Gasteiger partial charge >= 0.3 is 5.97 Å². The topological polar surface area (TPSA) is 44.8 Å². The van der Waals surface area contributed by atoms with Crippen LogP contribution in [-0.2, 0) is 14.2 Å². The summed E-state index contributed by atoms with van der Waals surface area (Å²) in [6, 6.07) is 9.50. The van der Waals surface area contributed by atoms with Gasteiger partial charge < -0.3 is 14.2 Å². The standard InChI is InChI=1S/C28H38O4/c1-26-14-15-28(30-16-17-31-28)18-20(26)8-9-21-22-10-11-24(27(22,2)13-12-23(21)26)32-25(29)19-6-4-3-5-7-19/h3-7,20-24H,8-18H2,1-2H3/t20-,21+,22-,23+,24-,26-,27-/m0/s1. The maximum atomic E-state index is 12.8. The van der Waals surface area contributed by atoms with Crippen molar-refractivity contribution in [1.29, 1.82) is 0 Å². The summed E-state index contributed by atoms with van der Waals surface area (Å²) in [5.74, 6) is 2.54. The van der Waals surface area contributed by atoms with Crippen LogP contribution in [-0.4, -0.2) is 31.1 Å². The van der Waals surface area contributed by atoms with E-state index in [4.69, 9.17) is 14.2 Å². The lowest BCUT2D eigenvalue weighted by Crippen LogP contribution is -2.56. The molecule has 4 nitrogen and oxygen atoms in total. The van der Waals surface area contributed by atoms with Gasteiger partial charge in [-0.1, -0.05) is 32.0 Å². The molecule has 0 N–H and O–H groups in total. The second kappa shape index (κ2) is 7.56. The molecule has 4 heteroatoms. The molecule has 0 bridgehead atoms. The lowest BCUT2D eigenvalue weighted by atomic mass is 9.45. The van der Waals surface area contributed by atoms with Crippen LogP contribution in [0.3, 0.4) is 0 Å². The Kier molecular flexibility index (Phi) is 5.00. The molecule has 0 amide bonds. The SMILES string of the molecule is C[C@]12CCC3(C[C@@H]1CC[C@H]1[C@H]2CC[C@]2(C)[C@@H](OC(=O)c4ccccc4)CC[C@@H]12)OCCO3. The number of hydrogen-bond acceptors (Lipinski definition) is 4. The van der Waals surface area contributed by atoms with Crippen molar-refractivity contribution in [2.45, 2.75) is 83.5 Å². The number of hydrogen-bond donors (Lipinski definition) is 0. The van der Waals surface area contributed by atoms with E-state index in [1.54, 1.807) is 0 Å². The quantitative estimate of drug-likeness (QED) is 0.532. The molecule has 6 rings (SSSR count). The third-order valence-corrected chi connectivity index (χ3v) is 10.7. The lowest BCUT2D eigenvalue weighted by molar-refractivity contribution is -0.230. The molecule has 1 aliphatic heterocycles. The minimum Gasteiger partial charge on any atom is -0.458 e. The first-order chi connectivity index (χ1) is 15.4. The van der Waals surface area contributed by atoms with E-state index < -0.39 is 0 Å². The van der Waals surface area contributed by atoms with Gasteiger partial charge in [-0.05, 0) is 86.2 Å². The molecule has 4 saturated carbocycles. The molecule has 32 heavy (non-hydrogen) atoms. The van der Waals surface area contributed by atoms with Crippen LogP contribution < -0.4 is 0 Å². The molecule has 7 atom stereocenters. The van der Waals surface area contributed by atoms with Gasteiger partial charge in [0, 0.05) is 18.3 Å². The van der Waals surface area contributed by atoms with Crippen molar-refractivity contribution in [2.75, 3.05) is 13.2 Å². The maximum Gasteiger partial charge on any atom is 0.338 e. The van der Waals surface area contributed by atoms with Gasteiger partial charge in [0.25, 0.3) is 0 Å². The highest BCUT2D eigenvalue weighted by molar-refractivity contribution is 5.89. The third-order valence-electron chi connectivity index (χ3n) is 10.7. The highest BCUT2D eigenvalue weighted by Gasteiger charge is 2.62. The van der Waals surface area contributed by atoms with Crippen LogP contribution in [0, 0.1) is 34.5 Å². The molecule has 1 saturated heterocycles. The lowest BCUT2D eigenvalue weighted by Gasteiger charge is -2.61. The number of rotatable bonds is 2. The summed E-state index contributed by atoms with van der Waals surface area (Å²) in [4.78, 5) is 12.8. The molecule has 1 aromatic carbocycles. The second-order valence-electron chi connectivity index (χ2n) is 11.9. The summed E-state index contributed by atoms with van der Waals surface area (Å²) in [7, 11) is 0. The van der Waals surface area contributed by atoms with E-state index >= 15 is 0 Å². The fourth-order valence-corrected chi connectivity index (χ4v) is 8.87. The van der Waals surface area contributed by atoms with Crippen LogP contribution in [0.15, 0.2) is 30.3 Å². The smallest absolute Gasteiger partial charge is 0.338 e. The van der Waals surface area contributed by atoms with Gasteiger partial charge in [-0.2, -0.15) is 0 Å². The Morgan fingerprint density at radius 2 is 1.62 bits per heavy atom.